The number of amides is 3. The second-order valence-electron chi connectivity index (χ2n) is 7.67. The topological polar surface area (TPSA) is 81.6 Å². The van der Waals surface area contributed by atoms with E-state index in [1.54, 1.807) is 35.0 Å². The Morgan fingerprint density at radius 1 is 1.19 bits per heavy atom. The lowest BCUT2D eigenvalue weighted by atomic mass is 10.1. The monoisotopic (exact) mass is 460 g/mol. The van der Waals surface area contributed by atoms with Gasteiger partial charge in [0.15, 0.2) is 22.5 Å². The van der Waals surface area contributed by atoms with Gasteiger partial charge in [0.25, 0.3) is 5.91 Å². The molecule has 2 saturated heterocycles. The summed E-state index contributed by atoms with van der Waals surface area (Å²) < 4.78 is 7.68. The number of imide groups is 1. The van der Waals surface area contributed by atoms with E-state index in [2.05, 4.69) is 15.9 Å². The van der Waals surface area contributed by atoms with E-state index in [0.29, 0.717) is 19.8 Å². The highest BCUT2D eigenvalue weighted by Gasteiger charge is 2.51. The number of ether oxygens (including phenoxy) is 1. The number of carbonyl (C=O) groups is 2. The first-order valence-electron chi connectivity index (χ1n) is 10.2. The second kappa shape index (κ2) is 8.29. The molecule has 2 fully saturated rings. The molecule has 1 aromatic carbocycles. The number of aliphatic imine (C=N–C) groups is 1. The molecule has 2 atom stereocenters. The smallest absolute Gasteiger partial charge is 0.328 e. The van der Waals surface area contributed by atoms with Gasteiger partial charge in [-0.05, 0) is 12.1 Å². The SMILES string of the molecule is CN1C(=O)C2C(N=C(N3CCOCC3)N2CCSc2nc3ccccc3s2)N(C)C1=O. The molecule has 164 valence electrons. The lowest BCUT2D eigenvalue weighted by molar-refractivity contribution is -0.136. The molecule has 0 saturated carbocycles. The Morgan fingerprint density at radius 3 is 2.74 bits per heavy atom. The summed E-state index contributed by atoms with van der Waals surface area (Å²) in [5.41, 5.74) is 1.01. The Morgan fingerprint density at radius 2 is 1.97 bits per heavy atom. The van der Waals surface area contributed by atoms with E-state index >= 15 is 0 Å². The first kappa shape index (κ1) is 20.5. The highest BCUT2D eigenvalue weighted by Crippen LogP contribution is 2.32. The van der Waals surface area contributed by atoms with Gasteiger partial charge >= 0.3 is 6.03 Å². The van der Waals surface area contributed by atoms with Crippen LogP contribution in [0.5, 0.6) is 0 Å². The molecule has 5 rings (SSSR count). The summed E-state index contributed by atoms with van der Waals surface area (Å²) in [5, 5.41) is 0. The number of urea groups is 1. The number of rotatable bonds is 4. The maximum atomic E-state index is 13.1. The van der Waals surface area contributed by atoms with Gasteiger partial charge in [0.2, 0.25) is 0 Å². The number of likely N-dealkylation sites (N-methyl/N-ethyl adjacent to an activating group) is 2. The van der Waals surface area contributed by atoms with Gasteiger partial charge in [-0.15, -0.1) is 11.3 Å². The number of aromatic nitrogens is 1. The van der Waals surface area contributed by atoms with Gasteiger partial charge in [0.1, 0.15) is 0 Å². The number of hydrogen-bond acceptors (Lipinski definition) is 9. The number of hydrogen-bond donors (Lipinski definition) is 0. The summed E-state index contributed by atoms with van der Waals surface area (Å²) in [6.45, 7) is 3.35. The summed E-state index contributed by atoms with van der Waals surface area (Å²) in [5.74, 6) is 1.35. The zero-order valence-electron chi connectivity index (χ0n) is 17.4. The van der Waals surface area contributed by atoms with Crippen molar-refractivity contribution in [1.82, 2.24) is 24.6 Å². The predicted octanol–water partition coefficient (Wildman–Crippen LogP) is 1.61. The van der Waals surface area contributed by atoms with Crippen LogP contribution in [0.1, 0.15) is 0 Å². The molecular weight excluding hydrogens is 436 g/mol. The molecule has 3 aliphatic heterocycles. The Balaban J connectivity index is 1.36. The van der Waals surface area contributed by atoms with Crippen molar-refractivity contribution in [3.05, 3.63) is 24.3 Å². The summed E-state index contributed by atoms with van der Waals surface area (Å²) in [6.07, 6.45) is -0.499. The predicted molar refractivity (Wildman–Crippen MR) is 120 cm³/mol. The maximum absolute atomic E-state index is 13.1. The van der Waals surface area contributed by atoms with Gasteiger partial charge in [0.05, 0.1) is 23.4 Å². The van der Waals surface area contributed by atoms with Crippen LogP contribution in [0.2, 0.25) is 0 Å². The number of thiazole rings is 1. The number of para-hydroxylation sites is 1. The zero-order valence-corrected chi connectivity index (χ0v) is 19.1. The third-order valence-electron chi connectivity index (χ3n) is 5.82. The van der Waals surface area contributed by atoms with Crippen molar-refractivity contribution in [2.75, 3.05) is 52.7 Å². The molecule has 2 unspecified atom stereocenters. The van der Waals surface area contributed by atoms with E-state index in [9.17, 15) is 9.59 Å². The molecule has 0 radical (unpaired) electrons. The lowest BCUT2D eigenvalue weighted by Crippen LogP contribution is -2.64. The largest absolute Gasteiger partial charge is 0.378 e. The fourth-order valence-electron chi connectivity index (χ4n) is 4.16. The van der Waals surface area contributed by atoms with E-state index in [0.717, 1.165) is 34.7 Å². The Hall–Kier alpha value is -2.37. The summed E-state index contributed by atoms with van der Waals surface area (Å²) in [6, 6.07) is 7.30. The molecule has 0 bridgehead atoms. The van der Waals surface area contributed by atoms with Crippen LogP contribution in [-0.2, 0) is 9.53 Å². The first-order chi connectivity index (χ1) is 15.0. The standard InChI is InChI=1S/C20H24N6O3S2/c1-23-16-15(17(27)24(2)20(23)28)26(18(22-16)25-7-10-29-11-8-25)9-12-30-19-21-13-5-3-4-6-14(13)31-19/h3-6,15-16H,7-12H2,1-2H3. The zero-order chi connectivity index (χ0) is 21.5. The van der Waals surface area contributed by atoms with Crippen LogP contribution in [0, 0.1) is 0 Å². The van der Waals surface area contributed by atoms with Crippen LogP contribution in [0.25, 0.3) is 10.2 Å². The van der Waals surface area contributed by atoms with E-state index < -0.39 is 12.2 Å². The van der Waals surface area contributed by atoms with E-state index in [-0.39, 0.29) is 11.9 Å². The van der Waals surface area contributed by atoms with Crippen molar-refractivity contribution in [3.63, 3.8) is 0 Å². The van der Waals surface area contributed by atoms with Crippen LogP contribution in [0.4, 0.5) is 4.79 Å². The highest BCUT2D eigenvalue weighted by atomic mass is 32.2. The number of morpholine rings is 1. The minimum absolute atomic E-state index is 0.204. The minimum Gasteiger partial charge on any atom is -0.378 e. The molecule has 3 amide bonds. The van der Waals surface area contributed by atoms with Gasteiger partial charge < -0.3 is 19.4 Å². The third-order valence-corrected chi connectivity index (χ3v) is 7.98. The van der Waals surface area contributed by atoms with Crippen molar-refractivity contribution in [2.24, 2.45) is 4.99 Å². The van der Waals surface area contributed by atoms with Crippen molar-refractivity contribution >= 4 is 51.2 Å². The van der Waals surface area contributed by atoms with Crippen LogP contribution in [-0.4, -0.2) is 107 Å². The Labute approximate surface area is 188 Å². The average molecular weight is 461 g/mol. The molecule has 3 aliphatic rings. The van der Waals surface area contributed by atoms with E-state index in [4.69, 9.17) is 14.7 Å². The molecule has 0 spiro atoms. The summed E-state index contributed by atoms with van der Waals surface area (Å²) >= 11 is 3.37. The van der Waals surface area contributed by atoms with E-state index in [1.807, 2.05) is 18.2 Å². The summed E-state index contributed by atoms with van der Waals surface area (Å²) in [7, 11) is 3.25. The molecular formula is C20H24N6O3S2. The molecule has 0 aliphatic carbocycles. The number of fused-ring (bicyclic) bond motifs is 2. The van der Waals surface area contributed by atoms with Crippen LogP contribution < -0.4 is 0 Å². The number of thioether (sulfide) groups is 1. The second-order valence-corrected chi connectivity index (χ2v) is 10.0. The number of nitrogens with zero attached hydrogens (tertiary/aromatic N) is 6. The normalized spacial score (nSPS) is 24.3. The van der Waals surface area contributed by atoms with Crippen molar-refractivity contribution in [2.45, 2.75) is 16.5 Å². The fourth-order valence-corrected chi connectivity index (χ4v) is 6.24. The van der Waals surface area contributed by atoms with Crippen molar-refractivity contribution in [3.8, 4) is 0 Å². The van der Waals surface area contributed by atoms with Gasteiger partial charge in [0, 0.05) is 39.5 Å². The molecule has 11 heteroatoms. The van der Waals surface area contributed by atoms with Gasteiger partial charge in [-0.2, -0.15) is 0 Å². The number of guanidine groups is 1. The van der Waals surface area contributed by atoms with Gasteiger partial charge in [-0.3, -0.25) is 9.69 Å². The summed E-state index contributed by atoms with van der Waals surface area (Å²) in [4.78, 5) is 42.0. The minimum atomic E-state index is -0.499. The highest BCUT2D eigenvalue weighted by molar-refractivity contribution is 8.01. The van der Waals surface area contributed by atoms with Crippen LogP contribution in [0.3, 0.4) is 0 Å². The average Bonchev–Trinajstić information content (AvgIpc) is 3.38. The quantitative estimate of drug-likeness (QED) is 0.641. The maximum Gasteiger partial charge on any atom is 0.328 e. The third kappa shape index (κ3) is 3.64. The van der Waals surface area contributed by atoms with Gasteiger partial charge in [-0.1, -0.05) is 23.9 Å². The molecule has 1 aromatic heterocycles. The molecule has 9 nitrogen and oxygen atoms in total. The Kier molecular flexibility index (Phi) is 5.49. The first-order valence-corrected chi connectivity index (χ1v) is 12.0. The number of benzene rings is 1. The Bertz CT molecular complexity index is 1000. The number of carbonyl (C=O) groups excluding carboxylic acids is 2. The molecule has 4 heterocycles. The molecule has 31 heavy (non-hydrogen) atoms. The molecule has 0 N–H and O–H groups in total. The van der Waals surface area contributed by atoms with E-state index in [1.165, 1.54) is 16.6 Å². The van der Waals surface area contributed by atoms with Gasteiger partial charge in [-0.25, -0.2) is 14.8 Å². The van der Waals surface area contributed by atoms with Crippen LogP contribution in [0.15, 0.2) is 33.6 Å². The van der Waals surface area contributed by atoms with Crippen molar-refractivity contribution < 1.29 is 14.3 Å². The van der Waals surface area contributed by atoms with Crippen molar-refractivity contribution in [1.29, 1.82) is 0 Å². The fraction of sp³-hybridized carbons (Fsp3) is 0.500. The molecule has 2 aromatic rings. The lowest BCUT2D eigenvalue weighted by Gasteiger charge is -2.41. The van der Waals surface area contributed by atoms with Crippen LogP contribution >= 0.6 is 23.1 Å².